The van der Waals surface area contributed by atoms with E-state index in [1.807, 2.05) is 23.6 Å². The summed E-state index contributed by atoms with van der Waals surface area (Å²) in [6.07, 6.45) is 2.51. The summed E-state index contributed by atoms with van der Waals surface area (Å²) in [4.78, 5) is 26.0. The Morgan fingerprint density at radius 2 is 1.97 bits per heavy atom. The van der Waals surface area contributed by atoms with Crippen molar-refractivity contribution in [2.75, 3.05) is 17.7 Å². The van der Waals surface area contributed by atoms with Gasteiger partial charge in [0, 0.05) is 11.4 Å². The molecule has 8 nitrogen and oxygen atoms in total. The highest BCUT2D eigenvalue weighted by atomic mass is 32.2. The van der Waals surface area contributed by atoms with E-state index in [-0.39, 0.29) is 24.9 Å². The molecule has 3 rings (SSSR count). The lowest BCUT2D eigenvalue weighted by Crippen LogP contribution is -2.16. The highest BCUT2D eigenvalue weighted by Gasteiger charge is 2.20. The number of thiophene rings is 1. The molecule has 0 bridgehead atoms. The Labute approximate surface area is 220 Å². The molecular weight excluding hydrogens is 496 g/mol. The second-order valence-corrected chi connectivity index (χ2v) is 10.3. The minimum atomic E-state index is -0.439. The summed E-state index contributed by atoms with van der Waals surface area (Å²) in [6.45, 7) is 12.9. The van der Waals surface area contributed by atoms with E-state index in [4.69, 9.17) is 9.47 Å². The van der Waals surface area contributed by atoms with Crippen molar-refractivity contribution in [1.29, 1.82) is 0 Å². The van der Waals surface area contributed by atoms with Gasteiger partial charge in [0.25, 0.3) is 0 Å². The van der Waals surface area contributed by atoms with Crippen LogP contribution in [0.1, 0.15) is 60.2 Å². The molecule has 0 saturated carbocycles. The smallest absolute Gasteiger partial charge is 0.341 e. The fraction of sp³-hybridized carbons (Fsp3) is 0.385. The number of allylic oxidation sites excluding steroid dienone is 1. The number of nitrogens with one attached hydrogen (secondary N) is 1. The van der Waals surface area contributed by atoms with Crippen molar-refractivity contribution in [3.8, 4) is 5.75 Å². The van der Waals surface area contributed by atoms with Crippen LogP contribution in [-0.2, 0) is 29.1 Å². The zero-order valence-corrected chi connectivity index (χ0v) is 22.7. The van der Waals surface area contributed by atoms with E-state index < -0.39 is 5.97 Å². The first-order chi connectivity index (χ1) is 17.4. The average Bonchev–Trinajstić information content (AvgIpc) is 3.45. The fourth-order valence-electron chi connectivity index (χ4n) is 3.30. The summed E-state index contributed by atoms with van der Waals surface area (Å²) < 4.78 is 12.9. The lowest BCUT2D eigenvalue weighted by Gasteiger charge is -2.10. The normalized spacial score (nSPS) is 10.9. The number of aromatic nitrogens is 3. The molecule has 0 spiro atoms. The third kappa shape index (κ3) is 7.20. The second kappa shape index (κ2) is 13.3. The van der Waals surface area contributed by atoms with Gasteiger partial charge < -0.3 is 14.8 Å². The number of thioether (sulfide) groups is 1. The molecule has 10 heteroatoms. The molecule has 1 aromatic carbocycles. The van der Waals surface area contributed by atoms with E-state index in [1.165, 1.54) is 28.7 Å². The molecule has 0 unspecified atom stereocenters. The molecule has 0 aliphatic rings. The Morgan fingerprint density at radius 3 is 2.61 bits per heavy atom. The van der Waals surface area contributed by atoms with Crippen LogP contribution in [0.25, 0.3) is 0 Å². The van der Waals surface area contributed by atoms with Crippen LogP contribution in [0.3, 0.4) is 0 Å². The Kier molecular flexibility index (Phi) is 10.1. The van der Waals surface area contributed by atoms with E-state index in [9.17, 15) is 9.59 Å². The molecule has 1 amide bonds. The summed E-state index contributed by atoms with van der Waals surface area (Å²) in [6, 6.07) is 9.78. The molecule has 0 radical (unpaired) electrons. The van der Waals surface area contributed by atoms with Crippen molar-refractivity contribution in [3.63, 3.8) is 0 Å². The van der Waals surface area contributed by atoms with Gasteiger partial charge in [0.2, 0.25) is 5.91 Å². The third-order valence-corrected chi connectivity index (χ3v) is 7.39. The molecule has 0 aliphatic heterocycles. The van der Waals surface area contributed by atoms with E-state index in [1.54, 1.807) is 19.1 Å². The van der Waals surface area contributed by atoms with Gasteiger partial charge in [-0.2, -0.15) is 0 Å². The quantitative estimate of drug-likeness (QED) is 0.173. The molecule has 3 aromatic rings. The molecule has 0 atom stereocenters. The van der Waals surface area contributed by atoms with Crippen LogP contribution in [-0.4, -0.2) is 39.0 Å². The van der Waals surface area contributed by atoms with Gasteiger partial charge in [0.1, 0.15) is 17.4 Å². The lowest BCUT2D eigenvalue weighted by atomic mass is 10.0. The van der Waals surface area contributed by atoms with E-state index >= 15 is 0 Å². The van der Waals surface area contributed by atoms with Crippen molar-refractivity contribution in [2.45, 2.75) is 58.3 Å². The molecule has 2 aromatic heterocycles. The van der Waals surface area contributed by atoms with Gasteiger partial charge in [0.05, 0.1) is 17.9 Å². The maximum atomic E-state index is 12.7. The van der Waals surface area contributed by atoms with Gasteiger partial charge in [-0.05, 0) is 43.0 Å². The number of ether oxygens (including phenoxy) is 2. The Morgan fingerprint density at radius 1 is 1.22 bits per heavy atom. The van der Waals surface area contributed by atoms with E-state index in [0.29, 0.717) is 34.0 Å². The van der Waals surface area contributed by atoms with Crippen molar-refractivity contribution >= 4 is 40.0 Å². The van der Waals surface area contributed by atoms with Gasteiger partial charge >= 0.3 is 5.97 Å². The number of benzene rings is 1. The number of amides is 1. The Balaban J connectivity index is 1.63. The van der Waals surface area contributed by atoms with Crippen molar-refractivity contribution in [3.05, 3.63) is 64.8 Å². The van der Waals surface area contributed by atoms with Crippen molar-refractivity contribution < 1.29 is 19.1 Å². The summed E-state index contributed by atoms with van der Waals surface area (Å²) in [7, 11) is 0. The van der Waals surface area contributed by atoms with Gasteiger partial charge in [-0.15, -0.1) is 28.1 Å². The van der Waals surface area contributed by atoms with Crippen molar-refractivity contribution in [1.82, 2.24) is 14.8 Å². The minimum Gasteiger partial charge on any atom is -0.486 e. The number of carbonyl (C=O) groups excluding carboxylic acids is 2. The number of carbonyl (C=O) groups is 2. The summed E-state index contributed by atoms with van der Waals surface area (Å²) in [5.74, 6) is 1.27. The topological polar surface area (TPSA) is 95.3 Å². The van der Waals surface area contributed by atoms with Crippen LogP contribution < -0.4 is 10.1 Å². The number of hydrogen-bond donors (Lipinski definition) is 1. The summed E-state index contributed by atoms with van der Waals surface area (Å²) >= 11 is 2.64. The van der Waals surface area contributed by atoms with E-state index in [2.05, 4.69) is 48.1 Å². The first-order valence-corrected chi connectivity index (χ1v) is 13.6. The highest BCUT2D eigenvalue weighted by molar-refractivity contribution is 7.99. The summed E-state index contributed by atoms with van der Waals surface area (Å²) in [5.41, 5.74) is 1.63. The third-order valence-electron chi connectivity index (χ3n) is 5.23. The van der Waals surface area contributed by atoms with Crippen molar-refractivity contribution in [2.24, 2.45) is 0 Å². The second-order valence-electron chi connectivity index (χ2n) is 8.18. The number of nitrogens with zero attached hydrogens (tertiary/aromatic N) is 3. The zero-order chi connectivity index (χ0) is 26.1. The van der Waals surface area contributed by atoms with Gasteiger partial charge in [-0.1, -0.05) is 50.7 Å². The number of esters is 1. The van der Waals surface area contributed by atoms with E-state index in [0.717, 1.165) is 17.0 Å². The Bertz CT molecular complexity index is 1190. The van der Waals surface area contributed by atoms with Crippen LogP contribution in [0.2, 0.25) is 0 Å². The van der Waals surface area contributed by atoms with Crippen LogP contribution in [0, 0.1) is 0 Å². The molecular formula is C26H32N4O4S2. The van der Waals surface area contributed by atoms with Gasteiger partial charge in [0.15, 0.2) is 11.0 Å². The first-order valence-electron chi connectivity index (χ1n) is 11.8. The molecule has 0 fully saturated rings. The number of aryl methyl sites for hydroxylation is 1. The van der Waals surface area contributed by atoms with Gasteiger partial charge in [-0.25, -0.2) is 4.79 Å². The Hall–Kier alpha value is -3.11. The molecule has 0 saturated heterocycles. The predicted octanol–water partition coefficient (Wildman–Crippen LogP) is 5.70. The lowest BCUT2D eigenvalue weighted by molar-refractivity contribution is -0.113. The van der Waals surface area contributed by atoms with Crippen LogP contribution >= 0.6 is 23.1 Å². The number of rotatable bonds is 13. The predicted molar refractivity (Wildman–Crippen MR) is 144 cm³/mol. The average molecular weight is 529 g/mol. The molecule has 192 valence electrons. The van der Waals surface area contributed by atoms with Crippen LogP contribution in [0.4, 0.5) is 5.00 Å². The SMILES string of the molecule is C=CCn1c(COc2ccc(C(C)C)cc2)nnc1SCC(=O)Nc1sc(CC)cc1C(=O)OCC. The number of hydrogen-bond acceptors (Lipinski definition) is 8. The molecule has 2 heterocycles. The zero-order valence-electron chi connectivity index (χ0n) is 21.1. The van der Waals surface area contributed by atoms with Crippen LogP contribution in [0.15, 0.2) is 48.1 Å². The number of anilines is 1. The molecule has 0 aliphatic carbocycles. The standard InChI is InChI=1S/C26H32N4O4S2/c1-6-13-30-22(15-34-19-11-9-18(10-12-19)17(4)5)28-29-26(30)35-16-23(31)27-24-21(25(32)33-8-3)14-20(7-2)36-24/h6,9-12,14,17H,1,7-8,13,15-16H2,2-5H3,(H,27,31). The summed E-state index contributed by atoms with van der Waals surface area (Å²) in [5, 5.41) is 12.4. The fourth-order valence-corrected chi connectivity index (χ4v) is 5.07. The van der Waals surface area contributed by atoms with Gasteiger partial charge in [-0.3, -0.25) is 9.36 Å². The highest BCUT2D eigenvalue weighted by Crippen LogP contribution is 2.30. The van der Waals surface area contributed by atoms with Crippen LogP contribution in [0.5, 0.6) is 5.75 Å². The maximum Gasteiger partial charge on any atom is 0.341 e. The molecule has 36 heavy (non-hydrogen) atoms. The monoisotopic (exact) mass is 528 g/mol. The minimum absolute atomic E-state index is 0.106. The first kappa shape index (κ1) is 27.5. The largest absolute Gasteiger partial charge is 0.486 e. The molecule has 1 N–H and O–H groups in total. The maximum absolute atomic E-state index is 12.7.